The maximum atomic E-state index is 8.52. The zero-order valence-electron chi connectivity index (χ0n) is 2.75. The first-order valence-electron chi connectivity index (χ1n) is 0.667. The molecule has 0 heterocycles. The van der Waals surface area contributed by atoms with Crippen LogP contribution in [0.25, 0.3) is 0 Å². The van der Waals surface area contributed by atoms with Gasteiger partial charge >= 0.3 is 86.6 Å². The molecule has 0 saturated carbocycles. The van der Waals surface area contributed by atoms with Gasteiger partial charge in [-0.15, -0.1) is 0 Å². The van der Waals surface area contributed by atoms with Crippen LogP contribution in [0.2, 0.25) is 0 Å². The van der Waals surface area contributed by atoms with Gasteiger partial charge in [0.1, 0.15) is 0 Å². The number of hydrogen-bond donors (Lipinski definition) is 0. The van der Waals surface area contributed by atoms with E-state index in [2.05, 4.69) is 0 Å². The van der Waals surface area contributed by atoms with Crippen molar-refractivity contribution in [3.8, 4) is 0 Å². The minimum absolute atomic E-state index is 0. The molecule has 7 heteroatoms. The Morgan fingerprint density at radius 1 is 1.14 bits per heavy atom. The molecule has 0 aromatic rings. The monoisotopic (exact) mass is 276 g/mol. The summed E-state index contributed by atoms with van der Waals surface area (Å²) in [5.74, 6) is 0. The van der Waals surface area contributed by atoms with Gasteiger partial charge in [0.05, 0.1) is 0 Å². The third-order valence-corrected chi connectivity index (χ3v) is 0. The molecule has 0 saturated heterocycles. The molecule has 7 heavy (non-hydrogen) atoms. The van der Waals surface area contributed by atoms with E-state index in [0.717, 1.165) is 0 Å². The Labute approximate surface area is 112 Å². The van der Waals surface area contributed by atoms with E-state index in [4.69, 9.17) is 17.5 Å². The summed E-state index contributed by atoms with van der Waals surface area (Å²) >= 11 is 0. The van der Waals surface area contributed by atoms with Crippen molar-refractivity contribution in [2.75, 3.05) is 0 Å². The largest absolute Gasteiger partial charge is 2.00 e. The normalized spacial score (nSPS) is 8.29. The van der Waals surface area contributed by atoms with E-state index in [1.807, 2.05) is 0 Å². The number of rotatable bonds is 0. The van der Waals surface area contributed by atoms with Gasteiger partial charge in [-0.25, -0.2) is 0 Å². The topological polar surface area (TPSA) is 80.3 Å². The van der Waals surface area contributed by atoms with Gasteiger partial charge in [0.15, 0.2) is 0 Å². The van der Waals surface area contributed by atoms with Crippen LogP contribution in [0.15, 0.2) is 0 Å². The van der Waals surface area contributed by atoms with Gasteiger partial charge in [-0.1, -0.05) is 0 Å². The first-order chi connectivity index (χ1) is 2.00. The summed E-state index contributed by atoms with van der Waals surface area (Å²) in [5.41, 5.74) is 0. The van der Waals surface area contributed by atoms with Crippen LogP contribution in [0, 0.1) is 0 Å². The van der Waals surface area contributed by atoms with Crippen molar-refractivity contribution in [2.24, 2.45) is 0 Å². The molecule has 0 aliphatic rings. The summed E-state index contributed by atoms with van der Waals surface area (Å²) in [5, 5.41) is 0. The van der Waals surface area contributed by atoms with E-state index in [1.165, 1.54) is 0 Å². The summed E-state index contributed by atoms with van der Waals surface area (Å²) in [6.07, 6.45) is 0. The molecule has 4 nitrogen and oxygen atoms in total. The van der Waals surface area contributed by atoms with E-state index in [0.29, 0.717) is 0 Å². The summed E-state index contributed by atoms with van der Waals surface area (Å²) in [6, 6.07) is 0. The summed E-state index contributed by atoms with van der Waals surface area (Å²) in [4.78, 5) is 0. The van der Waals surface area contributed by atoms with Crippen LogP contribution in [-0.2, 0) is 10.4 Å². The van der Waals surface area contributed by atoms with E-state index in [9.17, 15) is 0 Å². The van der Waals surface area contributed by atoms with Crippen molar-refractivity contribution >= 4 is 97.0 Å². The molecular formula is H2BaCaO4S. The molecule has 0 atom stereocenters. The smallest absolute Gasteiger partial charge is 2.00 e. The Hall–Kier alpha value is 2.70. The summed E-state index contributed by atoms with van der Waals surface area (Å²) in [7, 11) is -5.17. The molecule has 0 N–H and O–H groups in total. The molecule has 0 bridgehead atoms. The van der Waals surface area contributed by atoms with E-state index >= 15 is 0 Å². The quantitative estimate of drug-likeness (QED) is 0.275. The summed E-state index contributed by atoms with van der Waals surface area (Å²) in [6.45, 7) is 0. The van der Waals surface area contributed by atoms with Gasteiger partial charge in [0.25, 0.3) is 0 Å². The van der Waals surface area contributed by atoms with Gasteiger partial charge in [-0.05, 0) is 0 Å². The Bertz CT molecular complexity index is 94.9. The fourth-order valence-electron chi connectivity index (χ4n) is 0. The Morgan fingerprint density at radius 3 is 1.14 bits per heavy atom. The standard InChI is InChI=1S/Ba.Ca.H2O4S.2H/c;;1-5(2,3)4;;/h;;(H2,1,2,3,4);;/q;+2;;;/p-2. The van der Waals surface area contributed by atoms with Crippen molar-refractivity contribution in [1.82, 2.24) is 0 Å². The minimum Gasteiger partial charge on any atom is 2.00 e. The maximum Gasteiger partial charge on any atom is 2.00 e. The van der Waals surface area contributed by atoms with Crippen LogP contribution in [0.3, 0.4) is 0 Å². The number of hydrogen-bond acceptors (Lipinski definition) is 4. The molecular weight excluding hydrogens is 273 g/mol. The van der Waals surface area contributed by atoms with Gasteiger partial charge < -0.3 is 9.11 Å². The van der Waals surface area contributed by atoms with Crippen LogP contribution in [0.4, 0.5) is 0 Å². The SMILES string of the molecule is O=S(=O)([O-])[O-].[BaH2].[Ca+2]. The Kier molecular flexibility index (Phi) is 15.9. The van der Waals surface area contributed by atoms with Crippen LogP contribution < -0.4 is 0 Å². The fourth-order valence-corrected chi connectivity index (χ4v) is 0. The summed E-state index contributed by atoms with van der Waals surface area (Å²) < 4.78 is 34.1. The molecule has 0 aromatic carbocycles. The van der Waals surface area contributed by atoms with Gasteiger partial charge in [0, 0.05) is 10.4 Å². The molecule has 0 amide bonds. The Morgan fingerprint density at radius 2 is 1.14 bits per heavy atom. The average molecular weight is 275 g/mol. The first-order valence-corrected chi connectivity index (χ1v) is 2.00. The predicted octanol–water partition coefficient (Wildman–Crippen LogP) is -2.63. The predicted molar refractivity (Wildman–Crippen MR) is 24.8 cm³/mol. The molecule has 0 radical (unpaired) electrons. The van der Waals surface area contributed by atoms with E-state index in [1.54, 1.807) is 0 Å². The van der Waals surface area contributed by atoms with Crippen molar-refractivity contribution in [1.29, 1.82) is 0 Å². The van der Waals surface area contributed by atoms with Gasteiger partial charge in [-0.3, -0.25) is 8.42 Å². The molecule has 0 aromatic heterocycles. The zero-order valence-corrected chi connectivity index (χ0v) is 5.77. The molecule has 0 fully saturated rings. The van der Waals surface area contributed by atoms with Gasteiger partial charge in [-0.2, -0.15) is 0 Å². The van der Waals surface area contributed by atoms with Gasteiger partial charge in [0.2, 0.25) is 0 Å². The molecule has 0 spiro atoms. The second-order valence-electron chi connectivity index (χ2n) is 0.408. The fraction of sp³-hybridized carbons (Fsp3) is 0. The molecule has 36 valence electrons. The van der Waals surface area contributed by atoms with E-state index < -0.39 is 10.4 Å². The minimum atomic E-state index is -5.17. The second-order valence-corrected chi connectivity index (χ2v) is 1.22. The van der Waals surface area contributed by atoms with Crippen LogP contribution in [0.5, 0.6) is 0 Å². The average Bonchev–Trinajstić information content (AvgIpc) is 0.722. The molecule has 0 rings (SSSR count). The third kappa shape index (κ3) is 53.6. The molecule has 0 aliphatic heterocycles. The molecule has 0 unspecified atom stereocenters. The second kappa shape index (κ2) is 6.82. The van der Waals surface area contributed by atoms with Crippen molar-refractivity contribution in [2.45, 2.75) is 0 Å². The van der Waals surface area contributed by atoms with Crippen LogP contribution in [-0.4, -0.2) is 104 Å². The zero-order chi connectivity index (χ0) is 4.50. The first kappa shape index (κ1) is 16.4. The van der Waals surface area contributed by atoms with Crippen molar-refractivity contribution < 1.29 is 17.5 Å². The third-order valence-electron chi connectivity index (χ3n) is 0. The van der Waals surface area contributed by atoms with Crippen LogP contribution in [0.1, 0.15) is 0 Å². The molecule has 0 aliphatic carbocycles. The van der Waals surface area contributed by atoms with Crippen molar-refractivity contribution in [3.63, 3.8) is 0 Å². The van der Waals surface area contributed by atoms with Crippen molar-refractivity contribution in [3.05, 3.63) is 0 Å². The van der Waals surface area contributed by atoms with Crippen LogP contribution >= 0.6 is 0 Å². The van der Waals surface area contributed by atoms with E-state index in [-0.39, 0.29) is 86.6 Å². The Balaban J connectivity index is -0.0000000800. The maximum absolute atomic E-state index is 8.52.